The van der Waals surface area contributed by atoms with E-state index < -0.39 is 0 Å². The van der Waals surface area contributed by atoms with Crippen molar-refractivity contribution in [3.8, 4) is 0 Å². The van der Waals surface area contributed by atoms with Gasteiger partial charge in [0, 0.05) is 5.25 Å². The first-order chi connectivity index (χ1) is 4.13. The van der Waals surface area contributed by atoms with E-state index in [0.29, 0.717) is 5.25 Å². The summed E-state index contributed by atoms with van der Waals surface area (Å²) in [6.07, 6.45) is 1.47. The minimum Gasteiger partial charge on any atom is -0.389 e. The number of hydrogen-bond donors (Lipinski definition) is 1. The molecule has 1 nitrogen and oxygen atoms in total. The highest BCUT2D eigenvalue weighted by atomic mass is 32.2. The molecule has 0 aliphatic carbocycles. The maximum absolute atomic E-state index is 8.77. The Hall–Kier alpha value is 0.0500. The van der Waals surface area contributed by atoms with Gasteiger partial charge in [0.25, 0.3) is 0 Å². The minimum atomic E-state index is -0.309. The van der Waals surface area contributed by atoms with Gasteiger partial charge in [0.1, 0.15) is 0 Å². The van der Waals surface area contributed by atoms with Crippen LogP contribution in [0.5, 0.6) is 0 Å². The minimum absolute atomic E-state index is 0.309. The molecule has 2 heteroatoms. The standard InChI is InChI=1S/C7H14OS/c1-6(2)9-5-4-7(3)8/h4-8H,1-3H3/b5-4+. The van der Waals surface area contributed by atoms with Crippen LogP contribution in [-0.2, 0) is 0 Å². The Kier molecular flexibility index (Phi) is 4.91. The Morgan fingerprint density at radius 2 is 1.89 bits per heavy atom. The van der Waals surface area contributed by atoms with Crippen LogP contribution in [0.25, 0.3) is 0 Å². The molecule has 0 aromatic rings. The zero-order valence-electron chi connectivity index (χ0n) is 6.16. The van der Waals surface area contributed by atoms with E-state index in [-0.39, 0.29) is 6.10 Å². The first-order valence-corrected chi connectivity index (χ1v) is 4.07. The van der Waals surface area contributed by atoms with E-state index in [1.54, 1.807) is 24.8 Å². The Morgan fingerprint density at radius 1 is 1.33 bits per heavy atom. The molecule has 1 unspecified atom stereocenters. The number of aliphatic hydroxyl groups is 1. The molecule has 1 N–H and O–H groups in total. The third-order valence-electron chi connectivity index (χ3n) is 0.708. The molecule has 0 saturated heterocycles. The van der Waals surface area contributed by atoms with Crippen LogP contribution in [0.1, 0.15) is 20.8 Å². The van der Waals surface area contributed by atoms with Crippen LogP contribution in [0.2, 0.25) is 0 Å². The molecule has 0 aliphatic rings. The Morgan fingerprint density at radius 3 is 2.22 bits per heavy atom. The molecule has 9 heavy (non-hydrogen) atoms. The molecule has 0 aromatic carbocycles. The van der Waals surface area contributed by atoms with E-state index in [9.17, 15) is 0 Å². The van der Waals surface area contributed by atoms with Gasteiger partial charge >= 0.3 is 0 Å². The SMILES string of the molecule is CC(O)/C=C/SC(C)C. The van der Waals surface area contributed by atoms with Crippen molar-refractivity contribution in [2.75, 3.05) is 0 Å². The highest BCUT2D eigenvalue weighted by Crippen LogP contribution is 2.10. The summed E-state index contributed by atoms with van der Waals surface area (Å²) in [5.74, 6) is 0. The van der Waals surface area contributed by atoms with Gasteiger partial charge in [0.2, 0.25) is 0 Å². The van der Waals surface area contributed by atoms with Gasteiger partial charge in [-0.05, 0) is 12.3 Å². The van der Waals surface area contributed by atoms with E-state index in [4.69, 9.17) is 5.11 Å². The number of thioether (sulfide) groups is 1. The quantitative estimate of drug-likeness (QED) is 0.657. The molecule has 0 spiro atoms. The van der Waals surface area contributed by atoms with Crippen molar-refractivity contribution in [1.29, 1.82) is 0 Å². The van der Waals surface area contributed by atoms with Gasteiger partial charge in [-0.1, -0.05) is 19.9 Å². The molecule has 0 aromatic heterocycles. The summed E-state index contributed by atoms with van der Waals surface area (Å²) in [4.78, 5) is 0. The summed E-state index contributed by atoms with van der Waals surface area (Å²) < 4.78 is 0. The topological polar surface area (TPSA) is 20.2 Å². The highest BCUT2D eigenvalue weighted by molar-refractivity contribution is 8.02. The average Bonchev–Trinajstić information content (AvgIpc) is 1.63. The largest absolute Gasteiger partial charge is 0.389 e. The fraction of sp³-hybridized carbons (Fsp3) is 0.714. The number of hydrogen-bond acceptors (Lipinski definition) is 2. The lowest BCUT2D eigenvalue weighted by Crippen LogP contribution is -1.91. The van der Waals surface area contributed by atoms with Crippen molar-refractivity contribution < 1.29 is 5.11 Å². The van der Waals surface area contributed by atoms with Gasteiger partial charge in [-0.2, -0.15) is 0 Å². The van der Waals surface area contributed by atoms with Crippen molar-refractivity contribution in [2.45, 2.75) is 32.1 Å². The summed E-state index contributed by atoms with van der Waals surface area (Å²) in [6.45, 7) is 5.99. The van der Waals surface area contributed by atoms with Gasteiger partial charge in [0.15, 0.2) is 0 Å². The van der Waals surface area contributed by atoms with Crippen LogP contribution in [0.4, 0.5) is 0 Å². The lowest BCUT2D eigenvalue weighted by molar-refractivity contribution is 0.244. The maximum atomic E-state index is 8.77. The number of aliphatic hydroxyl groups excluding tert-OH is 1. The summed E-state index contributed by atoms with van der Waals surface area (Å²) >= 11 is 1.72. The molecule has 0 amide bonds. The monoisotopic (exact) mass is 146 g/mol. The smallest absolute Gasteiger partial charge is 0.0700 e. The van der Waals surface area contributed by atoms with Crippen LogP contribution in [0.15, 0.2) is 11.5 Å². The fourth-order valence-electron chi connectivity index (χ4n) is 0.316. The molecular formula is C7H14OS. The van der Waals surface area contributed by atoms with Gasteiger partial charge in [-0.25, -0.2) is 0 Å². The second kappa shape index (κ2) is 4.89. The van der Waals surface area contributed by atoms with Crippen LogP contribution >= 0.6 is 11.8 Å². The van der Waals surface area contributed by atoms with E-state index in [1.807, 2.05) is 5.41 Å². The fourth-order valence-corrected chi connectivity index (χ4v) is 0.949. The van der Waals surface area contributed by atoms with Gasteiger partial charge < -0.3 is 5.11 Å². The van der Waals surface area contributed by atoms with Gasteiger partial charge in [0.05, 0.1) is 6.10 Å². The van der Waals surface area contributed by atoms with Crippen LogP contribution in [-0.4, -0.2) is 16.5 Å². The molecule has 0 fully saturated rings. The molecule has 0 radical (unpaired) electrons. The summed E-state index contributed by atoms with van der Waals surface area (Å²) in [5.41, 5.74) is 0. The summed E-state index contributed by atoms with van der Waals surface area (Å²) in [7, 11) is 0. The second-order valence-corrected chi connectivity index (χ2v) is 3.74. The Bertz CT molecular complexity index is 86.9. The van der Waals surface area contributed by atoms with E-state index >= 15 is 0 Å². The summed E-state index contributed by atoms with van der Waals surface area (Å²) in [5, 5.41) is 11.3. The average molecular weight is 146 g/mol. The lowest BCUT2D eigenvalue weighted by Gasteiger charge is -1.97. The van der Waals surface area contributed by atoms with Gasteiger partial charge in [-0.3, -0.25) is 0 Å². The van der Waals surface area contributed by atoms with Crippen molar-refractivity contribution in [3.05, 3.63) is 11.5 Å². The molecule has 0 saturated carbocycles. The second-order valence-electron chi connectivity index (χ2n) is 2.25. The molecule has 0 aliphatic heterocycles. The first kappa shape index (κ1) is 9.05. The third-order valence-corrected chi connectivity index (χ3v) is 1.57. The molecule has 0 rings (SSSR count). The van der Waals surface area contributed by atoms with Crippen LogP contribution in [0, 0.1) is 0 Å². The Labute approximate surface area is 61.2 Å². The van der Waals surface area contributed by atoms with Crippen LogP contribution in [0.3, 0.4) is 0 Å². The van der Waals surface area contributed by atoms with Gasteiger partial charge in [-0.15, -0.1) is 11.8 Å². The molecule has 1 atom stereocenters. The molecular weight excluding hydrogens is 132 g/mol. The van der Waals surface area contributed by atoms with Crippen molar-refractivity contribution in [1.82, 2.24) is 0 Å². The molecule has 0 heterocycles. The molecule has 0 bridgehead atoms. The van der Waals surface area contributed by atoms with E-state index in [1.165, 1.54) is 0 Å². The number of rotatable bonds is 3. The normalized spacial score (nSPS) is 15.2. The third kappa shape index (κ3) is 8.05. The first-order valence-electron chi connectivity index (χ1n) is 3.13. The van der Waals surface area contributed by atoms with Crippen molar-refractivity contribution in [3.63, 3.8) is 0 Å². The maximum Gasteiger partial charge on any atom is 0.0700 e. The Balaban J connectivity index is 3.25. The predicted octanol–water partition coefficient (Wildman–Crippen LogP) is 2.02. The van der Waals surface area contributed by atoms with Crippen molar-refractivity contribution in [2.24, 2.45) is 0 Å². The lowest BCUT2D eigenvalue weighted by atomic mass is 10.4. The summed E-state index contributed by atoms with van der Waals surface area (Å²) in [6, 6.07) is 0. The zero-order chi connectivity index (χ0) is 7.28. The zero-order valence-corrected chi connectivity index (χ0v) is 6.98. The van der Waals surface area contributed by atoms with Crippen molar-refractivity contribution >= 4 is 11.8 Å². The van der Waals surface area contributed by atoms with E-state index in [2.05, 4.69) is 13.8 Å². The van der Waals surface area contributed by atoms with Crippen LogP contribution < -0.4 is 0 Å². The predicted molar refractivity (Wildman–Crippen MR) is 43.5 cm³/mol. The highest BCUT2D eigenvalue weighted by Gasteiger charge is 1.88. The molecule has 54 valence electrons. The van der Waals surface area contributed by atoms with E-state index in [0.717, 1.165) is 0 Å².